The molecule has 1 fully saturated rings. The maximum absolute atomic E-state index is 14.8. The lowest BCUT2D eigenvalue weighted by Gasteiger charge is -2.29. The standard InChI is InChI=1S/C15H15BrClF2N3OS/c1-6-4-23-5-7(6)22(2)14-8-11(18)10(17)9(16)12(19)13(8)20-15(21-14)24-3/h6-7H,4-5H2,1-3H3. The first kappa shape index (κ1) is 18.1. The number of benzene rings is 1. The number of nitrogens with zero attached hydrogens (tertiary/aromatic N) is 3. The number of thioether (sulfide) groups is 1. The number of aromatic nitrogens is 2. The number of hydrogen-bond donors (Lipinski definition) is 0. The van der Waals surface area contributed by atoms with Crippen LogP contribution < -0.4 is 4.90 Å². The Morgan fingerprint density at radius 1 is 1.29 bits per heavy atom. The van der Waals surface area contributed by atoms with Gasteiger partial charge >= 0.3 is 0 Å². The third-order valence-electron chi connectivity index (χ3n) is 4.22. The van der Waals surface area contributed by atoms with E-state index in [0.717, 1.165) is 0 Å². The van der Waals surface area contributed by atoms with Gasteiger partial charge in [-0.2, -0.15) is 0 Å². The zero-order valence-corrected chi connectivity index (χ0v) is 16.4. The van der Waals surface area contributed by atoms with Gasteiger partial charge in [-0.05, 0) is 22.2 Å². The van der Waals surface area contributed by atoms with Crippen molar-refractivity contribution in [2.45, 2.75) is 18.1 Å². The first-order valence-corrected chi connectivity index (χ1v) is 9.64. The largest absolute Gasteiger partial charge is 0.379 e. The molecule has 0 bridgehead atoms. The van der Waals surface area contributed by atoms with Gasteiger partial charge in [0.2, 0.25) is 0 Å². The Balaban J connectivity index is 2.29. The fraction of sp³-hybridized carbons (Fsp3) is 0.467. The first-order chi connectivity index (χ1) is 11.4. The van der Waals surface area contributed by atoms with Crippen molar-refractivity contribution in [3.05, 3.63) is 21.1 Å². The molecule has 4 nitrogen and oxygen atoms in total. The van der Waals surface area contributed by atoms with Gasteiger partial charge in [0, 0.05) is 13.0 Å². The highest BCUT2D eigenvalue weighted by Crippen LogP contribution is 2.39. The smallest absolute Gasteiger partial charge is 0.189 e. The van der Waals surface area contributed by atoms with Gasteiger partial charge < -0.3 is 9.64 Å². The third kappa shape index (κ3) is 2.87. The van der Waals surface area contributed by atoms with E-state index >= 15 is 0 Å². The molecule has 3 rings (SSSR count). The lowest BCUT2D eigenvalue weighted by atomic mass is 10.0. The molecule has 1 aliphatic rings. The quantitative estimate of drug-likeness (QED) is 0.305. The zero-order chi connectivity index (χ0) is 17.6. The first-order valence-electron chi connectivity index (χ1n) is 7.25. The van der Waals surface area contributed by atoms with Gasteiger partial charge in [0.25, 0.3) is 0 Å². The van der Waals surface area contributed by atoms with Crippen LogP contribution in [0.4, 0.5) is 14.6 Å². The Labute approximate surface area is 156 Å². The van der Waals surface area contributed by atoms with E-state index in [1.807, 2.05) is 11.8 Å². The van der Waals surface area contributed by atoms with Gasteiger partial charge in [0.15, 0.2) is 16.8 Å². The van der Waals surface area contributed by atoms with Crippen LogP contribution in [-0.4, -0.2) is 42.5 Å². The van der Waals surface area contributed by atoms with Gasteiger partial charge in [-0.3, -0.25) is 0 Å². The van der Waals surface area contributed by atoms with Crippen molar-refractivity contribution in [2.75, 3.05) is 31.4 Å². The van der Waals surface area contributed by atoms with Crippen LogP contribution in [0.25, 0.3) is 10.9 Å². The summed E-state index contributed by atoms with van der Waals surface area (Å²) in [5.74, 6) is -0.866. The van der Waals surface area contributed by atoms with Crippen LogP contribution in [-0.2, 0) is 4.74 Å². The van der Waals surface area contributed by atoms with Crippen LogP contribution in [0.5, 0.6) is 0 Å². The molecule has 1 aromatic heterocycles. The molecule has 0 aliphatic carbocycles. The van der Waals surface area contributed by atoms with Crippen molar-refractivity contribution in [3.8, 4) is 0 Å². The molecule has 2 aromatic rings. The maximum atomic E-state index is 14.8. The van der Waals surface area contributed by atoms with Crippen LogP contribution >= 0.6 is 39.3 Å². The Hall–Kier alpha value is -0.700. The van der Waals surface area contributed by atoms with Gasteiger partial charge in [0.1, 0.15) is 11.3 Å². The fourth-order valence-electron chi connectivity index (χ4n) is 2.84. The number of fused-ring (bicyclic) bond motifs is 1. The molecular formula is C15H15BrClF2N3OS. The lowest BCUT2D eigenvalue weighted by molar-refractivity contribution is 0.186. The van der Waals surface area contributed by atoms with E-state index in [0.29, 0.717) is 24.2 Å². The second kappa shape index (κ2) is 6.90. The number of halogens is 4. The van der Waals surface area contributed by atoms with Crippen LogP contribution in [0.2, 0.25) is 5.02 Å². The van der Waals surface area contributed by atoms with Crippen LogP contribution in [0.3, 0.4) is 0 Å². The molecular weight excluding hydrogens is 424 g/mol. The van der Waals surface area contributed by atoms with E-state index in [-0.39, 0.29) is 32.4 Å². The number of rotatable bonds is 3. The summed E-state index contributed by atoms with van der Waals surface area (Å²) in [6.07, 6.45) is 1.78. The molecule has 0 amide bonds. The second-order valence-corrected chi connectivity index (χ2v) is 7.65. The summed E-state index contributed by atoms with van der Waals surface area (Å²) in [5, 5.41) is 0.0365. The SMILES string of the molecule is CSc1nc(N(C)C2COCC2C)c2c(F)c(Cl)c(Br)c(F)c2n1. The number of ether oxygens (including phenoxy) is 1. The molecule has 1 saturated heterocycles. The van der Waals surface area contributed by atoms with Crippen molar-refractivity contribution >= 4 is 56.0 Å². The maximum Gasteiger partial charge on any atom is 0.189 e. The highest BCUT2D eigenvalue weighted by molar-refractivity contribution is 9.10. The minimum atomic E-state index is -0.735. The van der Waals surface area contributed by atoms with Gasteiger partial charge in [0.05, 0.1) is 34.1 Å². The van der Waals surface area contributed by atoms with E-state index in [2.05, 4.69) is 25.9 Å². The normalized spacial score (nSPS) is 20.8. The Kier molecular flexibility index (Phi) is 5.20. The number of anilines is 1. The molecule has 0 N–H and O–H groups in total. The van der Waals surface area contributed by atoms with Crippen molar-refractivity contribution in [1.29, 1.82) is 0 Å². The predicted octanol–water partition coefficient (Wildman–Crippen LogP) is 4.52. The van der Waals surface area contributed by atoms with E-state index < -0.39 is 11.6 Å². The summed E-state index contributed by atoms with van der Waals surface area (Å²) in [4.78, 5) is 10.4. The summed E-state index contributed by atoms with van der Waals surface area (Å²) in [6.45, 7) is 3.18. The molecule has 1 aliphatic heterocycles. The van der Waals surface area contributed by atoms with Crippen molar-refractivity contribution in [1.82, 2.24) is 9.97 Å². The molecule has 9 heteroatoms. The Morgan fingerprint density at radius 3 is 2.58 bits per heavy atom. The summed E-state index contributed by atoms with van der Waals surface area (Å²) in [6, 6.07) is 0.0164. The second-order valence-electron chi connectivity index (χ2n) is 5.71. The minimum Gasteiger partial charge on any atom is -0.379 e. The van der Waals surface area contributed by atoms with Gasteiger partial charge in [-0.25, -0.2) is 18.7 Å². The molecule has 0 saturated carbocycles. The molecule has 0 spiro atoms. The lowest BCUT2D eigenvalue weighted by Crippen LogP contribution is -2.37. The van der Waals surface area contributed by atoms with E-state index in [1.54, 1.807) is 13.3 Å². The van der Waals surface area contributed by atoms with Crippen molar-refractivity contribution < 1.29 is 13.5 Å². The molecule has 2 unspecified atom stereocenters. The van der Waals surface area contributed by atoms with Crippen LogP contribution in [0.15, 0.2) is 9.63 Å². The predicted molar refractivity (Wildman–Crippen MR) is 96.1 cm³/mol. The fourth-order valence-corrected chi connectivity index (χ4v) is 3.74. The molecule has 24 heavy (non-hydrogen) atoms. The molecule has 0 radical (unpaired) electrons. The average molecular weight is 439 g/mol. The molecule has 2 heterocycles. The van der Waals surface area contributed by atoms with Crippen LogP contribution in [0, 0.1) is 17.6 Å². The summed E-state index contributed by atoms with van der Waals surface area (Å²) in [5.41, 5.74) is -0.0865. The number of likely N-dealkylation sites (N-methyl/N-ethyl adjacent to an activating group) is 1. The topological polar surface area (TPSA) is 38.2 Å². The monoisotopic (exact) mass is 437 g/mol. The summed E-state index contributed by atoms with van der Waals surface area (Å²) < 4.78 is 34.8. The summed E-state index contributed by atoms with van der Waals surface area (Å²) >= 11 is 10.2. The molecule has 1 aromatic carbocycles. The van der Waals surface area contributed by atoms with Gasteiger partial charge in [-0.1, -0.05) is 30.3 Å². The molecule has 2 atom stereocenters. The highest BCUT2D eigenvalue weighted by Gasteiger charge is 2.32. The Bertz CT molecular complexity index is 810. The van der Waals surface area contributed by atoms with E-state index in [1.165, 1.54) is 11.8 Å². The van der Waals surface area contributed by atoms with E-state index in [4.69, 9.17) is 16.3 Å². The van der Waals surface area contributed by atoms with Crippen molar-refractivity contribution in [3.63, 3.8) is 0 Å². The highest BCUT2D eigenvalue weighted by atomic mass is 79.9. The van der Waals surface area contributed by atoms with Crippen molar-refractivity contribution in [2.24, 2.45) is 5.92 Å². The number of hydrogen-bond acceptors (Lipinski definition) is 5. The zero-order valence-electron chi connectivity index (χ0n) is 13.2. The molecule has 130 valence electrons. The van der Waals surface area contributed by atoms with Crippen LogP contribution in [0.1, 0.15) is 6.92 Å². The summed E-state index contributed by atoms with van der Waals surface area (Å²) in [7, 11) is 1.80. The van der Waals surface area contributed by atoms with Gasteiger partial charge in [-0.15, -0.1) is 0 Å². The average Bonchev–Trinajstić information content (AvgIpc) is 3.02. The van der Waals surface area contributed by atoms with E-state index in [9.17, 15) is 8.78 Å². The third-order valence-corrected chi connectivity index (χ3v) is 6.09. The Morgan fingerprint density at radius 2 is 2.00 bits per heavy atom. The minimum absolute atomic E-state index is 0.0138.